The molecular formula is C20H23N3O2. The number of nitrogens with zero attached hydrogens (tertiary/aromatic N) is 1. The Morgan fingerprint density at radius 2 is 1.76 bits per heavy atom. The van der Waals surface area contributed by atoms with Gasteiger partial charge >= 0.3 is 6.03 Å². The SMILES string of the molecule is Cc1ccc(N2CC[C@H](NC(=O)Nc3ccc(C)c(C)c3)C2=O)cc1. The number of hydrogen-bond acceptors (Lipinski definition) is 2. The van der Waals surface area contributed by atoms with Gasteiger partial charge in [0.1, 0.15) is 6.04 Å². The molecule has 1 atom stereocenters. The highest BCUT2D eigenvalue weighted by Crippen LogP contribution is 2.22. The molecule has 3 amide bonds. The van der Waals surface area contributed by atoms with Gasteiger partial charge in [-0.15, -0.1) is 0 Å². The highest BCUT2D eigenvalue weighted by Gasteiger charge is 2.33. The van der Waals surface area contributed by atoms with Crippen molar-refractivity contribution in [2.45, 2.75) is 33.2 Å². The first-order valence-corrected chi connectivity index (χ1v) is 8.47. The van der Waals surface area contributed by atoms with Crippen molar-refractivity contribution in [1.82, 2.24) is 5.32 Å². The first-order chi connectivity index (χ1) is 11.9. The molecule has 0 spiro atoms. The third kappa shape index (κ3) is 3.82. The molecule has 0 saturated carbocycles. The summed E-state index contributed by atoms with van der Waals surface area (Å²) >= 11 is 0. The second-order valence-corrected chi connectivity index (χ2v) is 6.56. The van der Waals surface area contributed by atoms with Gasteiger partial charge in [-0.25, -0.2) is 4.79 Å². The summed E-state index contributed by atoms with van der Waals surface area (Å²) in [4.78, 5) is 26.5. The second kappa shape index (κ2) is 6.97. The van der Waals surface area contributed by atoms with E-state index in [4.69, 9.17) is 0 Å². The van der Waals surface area contributed by atoms with Crippen molar-refractivity contribution < 1.29 is 9.59 Å². The Morgan fingerprint density at radius 1 is 1.04 bits per heavy atom. The van der Waals surface area contributed by atoms with Gasteiger partial charge in [0.2, 0.25) is 5.91 Å². The highest BCUT2D eigenvalue weighted by molar-refractivity contribution is 6.02. The van der Waals surface area contributed by atoms with E-state index in [1.54, 1.807) is 4.90 Å². The largest absolute Gasteiger partial charge is 0.326 e. The number of rotatable bonds is 3. The monoisotopic (exact) mass is 337 g/mol. The Bertz CT molecular complexity index is 799. The molecule has 0 bridgehead atoms. The number of aryl methyl sites for hydroxylation is 3. The number of nitrogens with one attached hydrogen (secondary N) is 2. The maximum absolute atomic E-state index is 12.6. The maximum Gasteiger partial charge on any atom is 0.319 e. The third-order valence-corrected chi connectivity index (χ3v) is 4.62. The van der Waals surface area contributed by atoms with E-state index in [2.05, 4.69) is 10.6 Å². The van der Waals surface area contributed by atoms with Crippen LogP contribution in [0.4, 0.5) is 16.2 Å². The minimum absolute atomic E-state index is 0.0703. The molecule has 5 heteroatoms. The summed E-state index contributed by atoms with van der Waals surface area (Å²) in [5.74, 6) is -0.0703. The molecule has 2 aromatic carbocycles. The predicted octanol–water partition coefficient (Wildman–Crippen LogP) is 3.54. The molecule has 3 rings (SSSR count). The summed E-state index contributed by atoms with van der Waals surface area (Å²) in [5.41, 5.74) is 5.03. The Hall–Kier alpha value is -2.82. The first-order valence-electron chi connectivity index (χ1n) is 8.47. The van der Waals surface area contributed by atoms with Crippen LogP contribution in [0.1, 0.15) is 23.1 Å². The van der Waals surface area contributed by atoms with E-state index in [0.717, 1.165) is 22.5 Å². The first kappa shape index (κ1) is 17.0. The van der Waals surface area contributed by atoms with Crippen LogP contribution in [0, 0.1) is 20.8 Å². The second-order valence-electron chi connectivity index (χ2n) is 6.56. The molecule has 0 aromatic heterocycles. The predicted molar refractivity (Wildman–Crippen MR) is 100 cm³/mol. The Morgan fingerprint density at radius 3 is 2.44 bits per heavy atom. The summed E-state index contributed by atoms with van der Waals surface area (Å²) < 4.78 is 0. The van der Waals surface area contributed by atoms with Crippen LogP contribution in [-0.2, 0) is 4.79 Å². The van der Waals surface area contributed by atoms with Crippen molar-refractivity contribution in [2.24, 2.45) is 0 Å². The standard InChI is InChI=1S/C20H23N3O2/c1-13-4-8-17(9-5-13)23-11-10-18(19(23)24)22-20(25)21-16-7-6-14(2)15(3)12-16/h4-9,12,18H,10-11H2,1-3H3,(H2,21,22,25)/t18-/m0/s1. The summed E-state index contributed by atoms with van der Waals surface area (Å²) in [6.07, 6.45) is 0.604. The van der Waals surface area contributed by atoms with Crippen molar-refractivity contribution in [3.05, 3.63) is 59.2 Å². The number of carbonyl (C=O) groups excluding carboxylic acids is 2. The van der Waals surface area contributed by atoms with Crippen molar-refractivity contribution in [1.29, 1.82) is 0 Å². The molecular weight excluding hydrogens is 314 g/mol. The van der Waals surface area contributed by atoms with Crippen LogP contribution in [0.3, 0.4) is 0 Å². The Kier molecular flexibility index (Phi) is 4.74. The van der Waals surface area contributed by atoms with Gasteiger partial charge in [0, 0.05) is 17.9 Å². The number of benzene rings is 2. The van der Waals surface area contributed by atoms with Crippen LogP contribution >= 0.6 is 0 Å². The molecule has 130 valence electrons. The van der Waals surface area contributed by atoms with E-state index in [1.807, 2.05) is 63.2 Å². The average Bonchev–Trinajstić information content (AvgIpc) is 2.93. The zero-order valence-electron chi connectivity index (χ0n) is 14.8. The van der Waals surface area contributed by atoms with E-state index in [1.165, 1.54) is 5.56 Å². The van der Waals surface area contributed by atoms with Gasteiger partial charge in [-0.1, -0.05) is 23.8 Å². The lowest BCUT2D eigenvalue weighted by molar-refractivity contribution is -0.118. The molecule has 1 aliphatic heterocycles. The van der Waals surface area contributed by atoms with Crippen molar-refractivity contribution >= 4 is 23.3 Å². The van der Waals surface area contributed by atoms with E-state index >= 15 is 0 Å². The lowest BCUT2D eigenvalue weighted by atomic mass is 10.1. The minimum Gasteiger partial charge on any atom is -0.326 e. The van der Waals surface area contributed by atoms with Crippen LogP contribution in [0.2, 0.25) is 0 Å². The van der Waals surface area contributed by atoms with Crippen LogP contribution < -0.4 is 15.5 Å². The zero-order valence-corrected chi connectivity index (χ0v) is 14.8. The van der Waals surface area contributed by atoms with Crippen LogP contribution in [0.15, 0.2) is 42.5 Å². The number of urea groups is 1. The molecule has 0 unspecified atom stereocenters. The summed E-state index contributed by atoms with van der Waals surface area (Å²) in [6.45, 7) is 6.64. The number of amides is 3. The highest BCUT2D eigenvalue weighted by atomic mass is 16.2. The van der Waals surface area contributed by atoms with Crippen LogP contribution in [0.5, 0.6) is 0 Å². The topological polar surface area (TPSA) is 61.4 Å². The Labute approximate surface area is 148 Å². The van der Waals surface area contributed by atoms with Crippen molar-refractivity contribution in [3.8, 4) is 0 Å². The fraction of sp³-hybridized carbons (Fsp3) is 0.300. The zero-order chi connectivity index (χ0) is 18.0. The molecule has 2 N–H and O–H groups in total. The van der Waals surface area contributed by atoms with Gasteiger partial charge < -0.3 is 15.5 Å². The molecule has 0 radical (unpaired) electrons. The molecule has 1 heterocycles. The van der Waals surface area contributed by atoms with Gasteiger partial charge in [-0.2, -0.15) is 0 Å². The Balaban J connectivity index is 1.61. The van der Waals surface area contributed by atoms with Gasteiger partial charge in [-0.05, 0) is 62.6 Å². The molecule has 2 aromatic rings. The smallest absolute Gasteiger partial charge is 0.319 e. The van der Waals surface area contributed by atoms with E-state index in [-0.39, 0.29) is 11.9 Å². The molecule has 0 aliphatic carbocycles. The number of carbonyl (C=O) groups is 2. The van der Waals surface area contributed by atoms with E-state index in [9.17, 15) is 9.59 Å². The number of anilines is 2. The summed E-state index contributed by atoms with van der Waals surface area (Å²) in [5, 5.41) is 5.58. The van der Waals surface area contributed by atoms with Gasteiger partial charge in [0.25, 0.3) is 0 Å². The normalized spacial score (nSPS) is 16.8. The molecule has 25 heavy (non-hydrogen) atoms. The maximum atomic E-state index is 12.6. The fourth-order valence-corrected chi connectivity index (χ4v) is 2.94. The quantitative estimate of drug-likeness (QED) is 0.900. The molecule has 1 fully saturated rings. The third-order valence-electron chi connectivity index (χ3n) is 4.62. The lowest BCUT2D eigenvalue weighted by Gasteiger charge is -2.17. The molecule has 1 aliphatic rings. The molecule has 1 saturated heterocycles. The van der Waals surface area contributed by atoms with Crippen LogP contribution in [-0.4, -0.2) is 24.5 Å². The lowest BCUT2D eigenvalue weighted by Crippen LogP contribution is -2.43. The summed E-state index contributed by atoms with van der Waals surface area (Å²) in [6, 6.07) is 12.7. The van der Waals surface area contributed by atoms with Gasteiger partial charge in [-0.3, -0.25) is 4.79 Å². The van der Waals surface area contributed by atoms with Crippen LogP contribution in [0.25, 0.3) is 0 Å². The van der Waals surface area contributed by atoms with E-state index < -0.39 is 6.04 Å². The summed E-state index contributed by atoms with van der Waals surface area (Å²) in [7, 11) is 0. The minimum atomic E-state index is -0.493. The van der Waals surface area contributed by atoms with Crippen molar-refractivity contribution in [2.75, 3.05) is 16.8 Å². The average molecular weight is 337 g/mol. The number of hydrogen-bond donors (Lipinski definition) is 2. The molecule has 5 nitrogen and oxygen atoms in total. The van der Waals surface area contributed by atoms with Gasteiger partial charge in [0.05, 0.1) is 0 Å². The van der Waals surface area contributed by atoms with Crippen molar-refractivity contribution in [3.63, 3.8) is 0 Å². The van der Waals surface area contributed by atoms with Gasteiger partial charge in [0.15, 0.2) is 0 Å². The fourth-order valence-electron chi connectivity index (χ4n) is 2.94. The van der Waals surface area contributed by atoms with E-state index in [0.29, 0.717) is 13.0 Å².